The first kappa shape index (κ1) is 15.6. The molecule has 0 aromatic carbocycles. The van der Waals surface area contributed by atoms with Gasteiger partial charge in [-0.1, -0.05) is 58.3 Å². The van der Waals surface area contributed by atoms with Crippen molar-refractivity contribution in [1.29, 1.82) is 0 Å². The molecule has 1 unspecified atom stereocenters. The molecule has 0 aliphatic heterocycles. The van der Waals surface area contributed by atoms with E-state index >= 15 is 0 Å². The molecule has 1 rings (SSSR count). The highest BCUT2D eigenvalue weighted by Gasteiger charge is 2.13. The van der Waals surface area contributed by atoms with E-state index in [-0.39, 0.29) is 0 Å². The van der Waals surface area contributed by atoms with Crippen LogP contribution in [0.5, 0.6) is 0 Å². The maximum atomic E-state index is 9.92. The second-order valence-corrected chi connectivity index (χ2v) is 5.27. The van der Waals surface area contributed by atoms with Gasteiger partial charge in [0, 0.05) is 5.56 Å². The summed E-state index contributed by atoms with van der Waals surface area (Å²) in [6, 6.07) is 1.75. The van der Waals surface area contributed by atoms with Crippen molar-refractivity contribution < 1.29 is 9.52 Å². The minimum absolute atomic E-state index is 0.321. The molecule has 1 aromatic heterocycles. The van der Waals surface area contributed by atoms with E-state index in [0.717, 1.165) is 18.4 Å². The third-order valence-electron chi connectivity index (χ3n) is 3.34. The summed E-state index contributed by atoms with van der Waals surface area (Å²) in [6.07, 6.45) is 12.0. The van der Waals surface area contributed by atoms with Crippen molar-refractivity contribution in [2.45, 2.75) is 70.8 Å². The molecule has 1 aromatic rings. The van der Waals surface area contributed by atoms with E-state index in [1.165, 1.54) is 51.2 Å². The largest absolute Gasteiger partial charge is 0.453 e. The molecule has 1 N–H and O–H groups in total. The highest BCUT2D eigenvalue weighted by atomic mass is 35.5. The average Bonchev–Trinajstić information content (AvgIpc) is 2.79. The van der Waals surface area contributed by atoms with Crippen molar-refractivity contribution >= 4 is 11.6 Å². The fraction of sp³-hybridized carbons (Fsp3) is 0.733. The molecular weight excluding hydrogens is 248 g/mol. The van der Waals surface area contributed by atoms with Crippen LogP contribution in [0.2, 0.25) is 5.22 Å². The Balaban J connectivity index is 1.99. The van der Waals surface area contributed by atoms with Crippen LogP contribution in [0.4, 0.5) is 0 Å². The molecule has 0 spiro atoms. The summed E-state index contributed by atoms with van der Waals surface area (Å²) >= 11 is 5.82. The third-order valence-corrected chi connectivity index (χ3v) is 3.64. The quantitative estimate of drug-likeness (QED) is 0.571. The van der Waals surface area contributed by atoms with Gasteiger partial charge in [-0.15, -0.1) is 0 Å². The Morgan fingerprint density at radius 3 is 2.28 bits per heavy atom. The van der Waals surface area contributed by atoms with Gasteiger partial charge >= 0.3 is 0 Å². The lowest BCUT2D eigenvalue weighted by Gasteiger charge is -2.08. The summed E-state index contributed by atoms with van der Waals surface area (Å²) in [5.74, 6) is 0. The van der Waals surface area contributed by atoms with Crippen molar-refractivity contribution in [3.05, 3.63) is 23.1 Å². The van der Waals surface area contributed by atoms with Crippen LogP contribution in [0.15, 0.2) is 16.7 Å². The standard InChI is InChI=1S/C15H25ClO2/c1-2-3-4-5-6-7-8-9-10-14(17)13-11-12-18-15(13)16/h11-12,14,17H,2-10H2,1H3. The monoisotopic (exact) mass is 272 g/mol. The van der Waals surface area contributed by atoms with Crippen LogP contribution in [0.1, 0.15) is 76.4 Å². The number of hydrogen-bond donors (Lipinski definition) is 1. The van der Waals surface area contributed by atoms with E-state index in [1.807, 2.05) is 0 Å². The van der Waals surface area contributed by atoms with Crippen LogP contribution in [0.25, 0.3) is 0 Å². The maximum absolute atomic E-state index is 9.92. The van der Waals surface area contributed by atoms with Crippen molar-refractivity contribution in [2.24, 2.45) is 0 Å². The molecule has 0 aliphatic rings. The lowest BCUT2D eigenvalue weighted by Crippen LogP contribution is -1.96. The van der Waals surface area contributed by atoms with Gasteiger partial charge in [0.1, 0.15) is 0 Å². The number of rotatable bonds is 10. The summed E-state index contributed by atoms with van der Waals surface area (Å²) in [5, 5.41) is 10.2. The minimum atomic E-state index is -0.476. The number of furan rings is 1. The van der Waals surface area contributed by atoms with Gasteiger partial charge in [-0.3, -0.25) is 0 Å². The summed E-state index contributed by atoms with van der Waals surface area (Å²) < 4.78 is 4.97. The van der Waals surface area contributed by atoms with E-state index in [1.54, 1.807) is 6.07 Å². The lowest BCUT2D eigenvalue weighted by molar-refractivity contribution is 0.162. The summed E-state index contributed by atoms with van der Waals surface area (Å²) in [4.78, 5) is 0. The first-order chi connectivity index (χ1) is 8.75. The fourth-order valence-electron chi connectivity index (χ4n) is 2.17. The van der Waals surface area contributed by atoms with Crippen molar-refractivity contribution in [1.82, 2.24) is 0 Å². The van der Waals surface area contributed by atoms with Gasteiger partial charge in [-0.05, 0) is 24.1 Å². The van der Waals surface area contributed by atoms with Crippen LogP contribution >= 0.6 is 11.6 Å². The summed E-state index contributed by atoms with van der Waals surface area (Å²) in [6.45, 7) is 2.24. The van der Waals surface area contributed by atoms with Crippen LogP contribution in [-0.4, -0.2) is 5.11 Å². The predicted molar refractivity (Wildman–Crippen MR) is 75.9 cm³/mol. The number of aliphatic hydroxyl groups excluding tert-OH is 1. The molecule has 2 nitrogen and oxygen atoms in total. The molecule has 0 amide bonds. The zero-order valence-corrected chi connectivity index (χ0v) is 12.1. The number of unbranched alkanes of at least 4 members (excludes halogenated alkanes) is 7. The van der Waals surface area contributed by atoms with Crippen LogP contribution < -0.4 is 0 Å². The Kier molecular flexibility index (Phi) is 8.19. The molecule has 104 valence electrons. The first-order valence-electron chi connectivity index (χ1n) is 7.16. The van der Waals surface area contributed by atoms with Gasteiger partial charge in [0.25, 0.3) is 0 Å². The van der Waals surface area contributed by atoms with Gasteiger partial charge < -0.3 is 9.52 Å². The molecule has 0 saturated carbocycles. The van der Waals surface area contributed by atoms with Crippen LogP contribution in [0, 0.1) is 0 Å². The van der Waals surface area contributed by atoms with Gasteiger partial charge in [-0.25, -0.2) is 0 Å². The van der Waals surface area contributed by atoms with Gasteiger partial charge in [-0.2, -0.15) is 0 Å². The Morgan fingerprint density at radius 2 is 1.72 bits per heavy atom. The van der Waals surface area contributed by atoms with E-state index in [0.29, 0.717) is 5.22 Å². The SMILES string of the molecule is CCCCCCCCCCC(O)c1ccoc1Cl. The minimum Gasteiger partial charge on any atom is -0.453 e. The van der Waals surface area contributed by atoms with E-state index < -0.39 is 6.10 Å². The summed E-state index contributed by atoms with van der Waals surface area (Å²) in [5.41, 5.74) is 0.722. The number of halogens is 1. The molecule has 1 heterocycles. The zero-order chi connectivity index (χ0) is 13.2. The average molecular weight is 273 g/mol. The topological polar surface area (TPSA) is 33.4 Å². The second-order valence-electron chi connectivity index (χ2n) is 4.93. The zero-order valence-electron chi connectivity index (χ0n) is 11.3. The van der Waals surface area contributed by atoms with Crippen LogP contribution in [0.3, 0.4) is 0 Å². The number of aliphatic hydroxyl groups is 1. The predicted octanol–water partition coefficient (Wildman–Crippen LogP) is 5.50. The highest BCUT2D eigenvalue weighted by molar-refractivity contribution is 6.29. The molecule has 0 bridgehead atoms. The van der Waals surface area contributed by atoms with Crippen molar-refractivity contribution in [3.8, 4) is 0 Å². The lowest BCUT2D eigenvalue weighted by atomic mass is 10.0. The molecule has 0 aliphatic carbocycles. The fourth-order valence-corrected chi connectivity index (χ4v) is 2.41. The Labute approximate surface area is 115 Å². The van der Waals surface area contributed by atoms with Gasteiger partial charge in [0.2, 0.25) is 0 Å². The Morgan fingerprint density at radius 1 is 1.11 bits per heavy atom. The maximum Gasteiger partial charge on any atom is 0.198 e. The number of hydrogen-bond acceptors (Lipinski definition) is 2. The molecule has 0 fully saturated rings. The van der Waals surface area contributed by atoms with Crippen LogP contribution in [-0.2, 0) is 0 Å². The molecular formula is C15H25ClO2. The molecule has 0 saturated heterocycles. The second kappa shape index (κ2) is 9.46. The van der Waals surface area contributed by atoms with Crippen molar-refractivity contribution in [3.63, 3.8) is 0 Å². The molecule has 3 heteroatoms. The van der Waals surface area contributed by atoms with E-state index in [4.69, 9.17) is 16.0 Å². The molecule has 1 atom stereocenters. The summed E-state index contributed by atoms with van der Waals surface area (Å²) in [7, 11) is 0. The highest BCUT2D eigenvalue weighted by Crippen LogP contribution is 2.27. The first-order valence-corrected chi connectivity index (χ1v) is 7.54. The van der Waals surface area contributed by atoms with Crippen molar-refractivity contribution in [2.75, 3.05) is 0 Å². The normalized spacial score (nSPS) is 12.8. The van der Waals surface area contributed by atoms with Gasteiger partial charge in [0.05, 0.1) is 12.4 Å². The van der Waals surface area contributed by atoms with E-state index in [9.17, 15) is 5.11 Å². The third kappa shape index (κ3) is 5.92. The van der Waals surface area contributed by atoms with E-state index in [2.05, 4.69) is 6.92 Å². The molecule has 0 radical (unpaired) electrons. The van der Waals surface area contributed by atoms with Gasteiger partial charge in [0.15, 0.2) is 5.22 Å². The molecule has 18 heavy (non-hydrogen) atoms. The Hall–Kier alpha value is -0.470. The smallest absolute Gasteiger partial charge is 0.198 e. The Bertz CT molecular complexity index is 309.